The molecule has 0 unspecified atom stereocenters. The highest BCUT2D eigenvalue weighted by Crippen LogP contribution is 2.32. The molecule has 0 heterocycles. The summed E-state index contributed by atoms with van der Waals surface area (Å²) in [6.07, 6.45) is 0. The third kappa shape index (κ3) is 3.46. The molecule has 108 valence electrons. The smallest absolute Gasteiger partial charge is 0.269 e. The summed E-state index contributed by atoms with van der Waals surface area (Å²) in [6.45, 7) is 3.17. The first-order valence-electron chi connectivity index (χ1n) is 6.12. The molecule has 0 N–H and O–H groups in total. The summed E-state index contributed by atoms with van der Waals surface area (Å²) in [4.78, 5) is 21.9. The highest BCUT2D eigenvalue weighted by Gasteiger charge is 2.13. The predicted octanol–water partition coefficient (Wildman–Crippen LogP) is 4.66. The summed E-state index contributed by atoms with van der Waals surface area (Å²) in [5, 5.41) is 10.7. The van der Waals surface area contributed by atoms with E-state index in [0.717, 1.165) is 4.47 Å². The second-order valence-corrected chi connectivity index (χ2v) is 5.42. The summed E-state index contributed by atoms with van der Waals surface area (Å²) < 4.78 is 6.52. The number of nitro groups is 1. The summed E-state index contributed by atoms with van der Waals surface area (Å²) in [5.41, 5.74) is 1.08. The van der Waals surface area contributed by atoms with Gasteiger partial charge in [0.25, 0.3) is 5.69 Å². The molecule has 0 bridgehead atoms. The van der Waals surface area contributed by atoms with E-state index in [0.29, 0.717) is 22.6 Å². The van der Waals surface area contributed by atoms with Crippen LogP contribution < -0.4 is 4.74 Å². The van der Waals surface area contributed by atoms with Crippen LogP contribution in [0.3, 0.4) is 0 Å². The van der Waals surface area contributed by atoms with E-state index in [2.05, 4.69) is 15.9 Å². The molecular formula is C15H12BrNO4. The van der Waals surface area contributed by atoms with E-state index >= 15 is 0 Å². The molecule has 0 aliphatic carbocycles. The molecule has 2 aromatic carbocycles. The van der Waals surface area contributed by atoms with E-state index in [-0.39, 0.29) is 11.5 Å². The Bertz CT molecular complexity index is 728. The third-order valence-electron chi connectivity index (χ3n) is 2.91. The monoisotopic (exact) mass is 349 g/mol. The maximum Gasteiger partial charge on any atom is 0.269 e. The Kier molecular flexibility index (Phi) is 4.37. The average Bonchev–Trinajstić information content (AvgIpc) is 2.40. The molecule has 6 heteroatoms. The van der Waals surface area contributed by atoms with Crippen molar-refractivity contribution in [1.82, 2.24) is 0 Å². The molecule has 0 fully saturated rings. The van der Waals surface area contributed by atoms with Gasteiger partial charge in [-0.2, -0.15) is 0 Å². The van der Waals surface area contributed by atoms with E-state index in [4.69, 9.17) is 4.74 Å². The predicted molar refractivity (Wildman–Crippen MR) is 82.1 cm³/mol. The fraction of sp³-hybridized carbons (Fsp3) is 0.133. The van der Waals surface area contributed by atoms with Gasteiger partial charge in [-0.1, -0.05) is 15.9 Å². The van der Waals surface area contributed by atoms with Crippen LogP contribution in [-0.4, -0.2) is 10.7 Å². The molecule has 2 aromatic rings. The number of carbonyl (C=O) groups is 1. The van der Waals surface area contributed by atoms with Crippen LogP contribution in [0.25, 0.3) is 0 Å². The van der Waals surface area contributed by atoms with Crippen molar-refractivity contribution in [1.29, 1.82) is 0 Å². The third-order valence-corrected chi connectivity index (χ3v) is 3.41. The second kappa shape index (κ2) is 6.05. The van der Waals surface area contributed by atoms with Crippen molar-refractivity contribution >= 4 is 27.4 Å². The molecule has 0 aliphatic heterocycles. The molecular weight excluding hydrogens is 338 g/mol. The number of rotatable bonds is 4. The molecule has 21 heavy (non-hydrogen) atoms. The molecule has 0 atom stereocenters. The molecule has 2 rings (SSSR count). The number of hydrogen-bond acceptors (Lipinski definition) is 4. The fourth-order valence-corrected chi connectivity index (χ4v) is 2.19. The van der Waals surface area contributed by atoms with Gasteiger partial charge in [-0.25, -0.2) is 0 Å². The lowest BCUT2D eigenvalue weighted by Gasteiger charge is -2.12. The Labute approximate surface area is 129 Å². The molecule has 0 saturated heterocycles. The summed E-state index contributed by atoms with van der Waals surface area (Å²) in [7, 11) is 0. The molecule has 0 aromatic heterocycles. The first-order chi connectivity index (χ1) is 9.88. The number of non-ortho nitro benzene ring substituents is 1. The lowest BCUT2D eigenvalue weighted by molar-refractivity contribution is -0.384. The van der Waals surface area contributed by atoms with E-state index in [1.807, 2.05) is 0 Å². The molecule has 0 radical (unpaired) electrons. The molecule has 0 saturated carbocycles. The van der Waals surface area contributed by atoms with Crippen molar-refractivity contribution in [3.05, 3.63) is 62.1 Å². The molecule has 5 nitrogen and oxygen atoms in total. The fourth-order valence-electron chi connectivity index (χ4n) is 1.85. The summed E-state index contributed by atoms with van der Waals surface area (Å²) in [6, 6.07) is 9.44. The maximum absolute atomic E-state index is 11.6. The van der Waals surface area contributed by atoms with Crippen LogP contribution in [0.5, 0.6) is 11.5 Å². The van der Waals surface area contributed by atoms with Crippen molar-refractivity contribution in [2.75, 3.05) is 0 Å². The normalized spacial score (nSPS) is 10.2. The van der Waals surface area contributed by atoms with Crippen molar-refractivity contribution in [2.45, 2.75) is 13.8 Å². The van der Waals surface area contributed by atoms with Crippen LogP contribution in [0.4, 0.5) is 5.69 Å². The zero-order valence-corrected chi connectivity index (χ0v) is 13.0. The Morgan fingerprint density at radius 1 is 1.19 bits per heavy atom. The number of benzene rings is 2. The summed E-state index contributed by atoms with van der Waals surface area (Å²) >= 11 is 3.33. The van der Waals surface area contributed by atoms with Crippen LogP contribution in [0, 0.1) is 17.0 Å². The van der Waals surface area contributed by atoms with Crippen molar-refractivity contribution < 1.29 is 14.5 Å². The Hall–Kier alpha value is -2.21. The SMILES string of the molecule is CC(=O)c1ccc(Br)cc1Oc1ccc([N+](=O)[O-])cc1C. The number of hydrogen-bond donors (Lipinski definition) is 0. The van der Waals surface area contributed by atoms with Crippen molar-refractivity contribution in [3.63, 3.8) is 0 Å². The van der Waals surface area contributed by atoms with Gasteiger partial charge in [0, 0.05) is 16.6 Å². The Morgan fingerprint density at radius 2 is 1.90 bits per heavy atom. The quantitative estimate of drug-likeness (QED) is 0.457. The van der Waals surface area contributed by atoms with Gasteiger partial charge in [-0.15, -0.1) is 0 Å². The number of Topliss-reactive ketones (excluding diaryl/α,β-unsaturated/α-hetero) is 1. The zero-order chi connectivity index (χ0) is 15.6. The number of aryl methyl sites for hydroxylation is 1. The van der Waals surface area contributed by atoms with Crippen LogP contribution >= 0.6 is 15.9 Å². The molecule has 0 spiro atoms. The van der Waals surface area contributed by atoms with E-state index in [1.165, 1.54) is 25.1 Å². The average molecular weight is 350 g/mol. The van der Waals surface area contributed by atoms with Gasteiger partial charge < -0.3 is 4.74 Å². The van der Waals surface area contributed by atoms with Crippen molar-refractivity contribution in [3.8, 4) is 11.5 Å². The van der Waals surface area contributed by atoms with E-state index in [1.54, 1.807) is 25.1 Å². The topological polar surface area (TPSA) is 69.4 Å². The highest BCUT2D eigenvalue weighted by atomic mass is 79.9. The van der Waals surface area contributed by atoms with Gasteiger partial charge in [0.15, 0.2) is 5.78 Å². The number of ketones is 1. The van der Waals surface area contributed by atoms with Gasteiger partial charge in [-0.05, 0) is 43.7 Å². The largest absolute Gasteiger partial charge is 0.456 e. The minimum atomic E-state index is -0.461. The van der Waals surface area contributed by atoms with E-state index < -0.39 is 4.92 Å². The number of halogens is 1. The lowest BCUT2D eigenvalue weighted by Crippen LogP contribution is -1.98. The van der Waals surface area contributed by atoms with Gasteiger partial charge >= 0.3 is 0 Å². The Balaban J connectivity index is 2.40. The Morgan fingerprint density at radius 3 is 2.48 bits per heavy atom. The van der Waals surface area contributed by atoms with Crippen LogP contribution in [0.15, 0.2) is 40.9 Å². The standard InChI is InChI=1S/C15H12BrNO4/c1-9-7-12(17(19)20)4-6-14(9)21-15-8-11(16)3-5-13(15)10(2)18/h3-8H,1-2H3. The number of nitrogens with zero attached hydrogens (tertiary/aromatic N) is 1. The number of nitro benzene ring substituents is 1. The van der Waals surface area contributed by atoms with Crippen LogP contribution in [0.2, 0.25) is 0 Å². The number of carbonyl (C=O) groups excluding carboxylic acids is 1. The second-order valence-electron chi connectivity index (χ2n) is 4.51. The first-order valence-corrected chi connectivity index (χ1v) is 6.91. The molecule has 0 aliphatic rings. The first kappa shape index (κ1) is 15.2. The van der Waals surface area contributed by atoms with Crippen molar-refractivity contribution in [2.24, 2.45) is 0 Å². The lowest BCUT2D eigenvalue weighted by atomic mass is 10.1. The minimum absolute atomic E-state index is 0.000818. The maximum atomic E-state index is 11.6. The van der Waals surface area contributed by atoms with Crippen LogP contribution in [0.1, 0.15) is 22.8 Å². The minimum Gasteiger partial charge on any atom is -0.456 e. The van der Waals surface area contributed by atoms with Gasteiger partial charge in [0.1, 0.15) is 11.5 Å². The van der Waals surface area contributed by atoms with E-state index in [9.17, 15) is 14.9 Å². The van der Waals surface area contributed by atoms with Gasteiger partial charge in [0.05, 0.1) is 10.5 Å². The van der Waals surface area contributed by atoms with Gasteiger partial charge in [-0.3, -0.25) is 14.9 Å². The number of ether oxygens (including phenoxy) is 1. The molecule has 0 amide bonds. The van der Waals surface area contributed by atoms with Crippen LogP contribution in [-0.2, 0) is 0 Å². The zero-order valence-electron chi connectivity index (χ0n) is 11.4. The van der Waals surface area contributed by atoms with Gasteiger partial charge in [0.2, 0.25) is 0 Å². The summed E-state index contributed by atoms with van der Waals surface area (Å²) in [5.74, 6) is 0.770. The highest BCUT2D eigenvalue weighted by molar-refractivity contribution is 9.10.